The molecular weight excluding hydrogens is 270 g/mol. The van der Waals surface area contributed by atoms with Crippen LogP contribution in [0.4, 0.5) is 4.79 Å². The Morgan fingerprint density at radius 3 is 2.48 bits per heavy atom. The number of nitrogens with two attached hydrogens (primary N) is 1. The highest BCUT2D eigenvalue weighted by molar-refractivity contribution is 5.84. The van der Waals surface area contributed by atoms with E-state index in [1.807, 2.05) is 18.2 Å². The van der Waals surface area contributed by atoms with Gasteiger partial charge >= 0.3 is 6.03 Å². The van der Waals surface area contributed by atoms with E-state index < -0.39 is 6.03 Å². The summed E-state index contributed by atoms with van der Waals surface area (Å²) in [6.45, 7) is 0. The van der Waals surface area contributed by atoms with Crippen LogP contribution in [0.5, 0.6) is 17.2 Å². The number of carbonyl (C=O) groups is 1. The quantitative estimate of drug-likeness (QED) is 0.653. The number of para-hydroxylation sites is 1. The molecule has 2 aromatic carbocycles. The molecule has 0 heterocycles. The maximum atomic E-state index is 10.6. The molecule has 0 aliphatic heterocycles. The number of carbonyl (C=O) groups excluding carboxylic acids is 1. The van der Waals surface area contributed by atoms with E-state index in [0.29, 0.717) is 17.1 Å². The van der Waals surface area contributed by atoms with Gasteiger partial charge in [0.15, 0.2) is 0 Å². The highest BCUT2D eigenvalue weighted by Gasteiger charge is 2.03. The lowest BCUT2D eigenvalue weighted by Crippen LogP contribution is -2.24. The minimum absolute atomic E-state index is 0.609. The van der Waals surface area contributed by atoms with Gasteiger partial charge in [-0.3, -0.25) is 0 Å². The maximum Gasteiger partial charge on any atom is 0.332 e. The number of benzene rings is 2. The van der Waals surface area contributed by atoms with Crippen molar-refractivity contribution in [2.24, 2.45) is 10.8 Å². The van der Waals surface area contributed by atoms with Gasteiger partial charge in [-0.25, -0.2) is 10.2 Å². The van der Waals surface area contributed by atoms with Gasteiger partial charge in [0.1, 0.15) is 17.2 Å². The van der Waals surface area contributed by atoms with Crippen LogP contribution in [-0.4, -0.2) is 19.4 Å². The smallest absolute Gasteiger partial charge is 0.332 e. The van der Waals surface area contributed by atoms with Crippen molar-refractivity contribution >= 4 is 12.2 Å². The second-order valence-corrected chi connectivity index (χ2v) is 4.05. The zero-order chi connectivity index (χ0) is 15.1. The van der Waals surface area contributed by atoms with Crippen LogP contribution in [0.15, 0.2) is 53.6 Å². The fourth-order valence-corrected chi connectivity index (χ4v) is 1.62. The van der Waals surface area contributed by atoms with E-state index >= 15 is 0 Å². The monoisotopic (exact) mass is 285 g/mol. The Morgan fingerprint density at radius 2 is 1.81 bits per heavy atom. The van der Waals surface area contributed by atoms with Crippen LogP contribution in [0, 0.1) is 0 Å². The molecule has 0 radical (unpaired) electrons. The first-order chi connectivity index (χ1) is 10.2. The van der Waals surface area contributed by atoms with Crippen LogP contribution in [-0.2, 0) is 0 Å². The molecule has 0 bridgehead atoms. The van der Waals surface area contributed by atoms with Crippen molar-refractivity contribution in [3.05, 3.63) is 54.1 Å². The van der Waals surface area contributed by atoms with Crippen molar-refractivity contribution in [1.29, 1.82) is 0 Å². The van der Waals surface area contributed by atoms with Crippen LogP contribution in [0.1, 0.15) is 5.56 Å². The molecule has 0 fully saturated rings. The Kier molecular flexibility index (Phi) is 4.76. The number of primary amides is 1. The third kappa shape index (κ3) is 4.24. The summed E-state index contributed by atoms with van der Waals surface area (Å²) in [7, 11) is 1.60. The molecule has 2 aromatic rings. The molecule has 6 nitrogen and oxygen atoms in total. The predicted octanol–water partition coefficient (Wildman–Crippen LogP) is 2.49. The summed E-state index contributed by atoms with van der Waals surface area (Å²) < 4.78 is 10.9. The van der Waals surface area contributed by atoms with Gasteiger partial charge in [0.05, 0.1) is 13.3 Å². The molecule has 21 heavy (non-hydrogen) atoms. The maximum absolute atomic E-state index is 10.6. The number of ether oxygens (including phenoxy) is 2. The lowest BCUT2D eigenvalue weighted by atomic mass is 10.2. The average molecular weight is 285 g/mol. The summed E-state index contributed by atoms with van der Waals surface area (Å²) >= 11 is 0. The first-order valence-electron chi connectivity index (χ1n) is 6.18. The fraction of sp³-hybridized carbons (Fsp3) is 0.0667. The van der Waals surface area contributed by atoms with Crippen LogP contribution in [0.2, 0.25) is 0 Å². The van der Waals surface area contributed by atoms with Gasteiger partial charge < -0.3 is 15.2 Å². The lowest BCUT2D eigenvalue weighted by molar-refractivity contribution is 0.249. The topological polar surface area (TPSA) is 85.9 Å². The molecule has 0 saturated heterocycles. The summed E-state index contributed by atoms with van der Waals surface area (Å²) in [5.74, 6) is 2.03. The van der Waals surface area contributed by atoms with E-state index in [1.54, 1.807) is 37.4 Å². The third-order valence-corrected chi connectivity index (χ3v) is 2.58. The van der Waals surface area contributed by atoms with Gasteiger partial charge in [0.25, 0.3) is 0 Å². The molecule has 0 aromatic heterocycles. The van der Waals surface area contributed by atoms with Gasteiger partial charge in [0, 0.05) is 5.56 Å². The first-order valence-corrected chi connectivity index (χ1v) is 6.18. The number of amides is 2. The van der Waals surface area contributed by atoms with Gasteiger partial charge in [0.2, 0.25) is 0 Å². The minimum atomic E-state index is -0.722. The fourth-order valence-electron chi connectivity index (χ4n) is 1.62. The van der Waals surface area contributed by atoms with Crippen molar-refractivity contribution in [3.63, 3.8) is 0 Å². The Morgan fingerprint density at radius 1 is 1.14 bits per heavy atom. The predicted molar refractivity (Wildman–Crippen MR) is 79.8 cm³/mol. The number of hydrazone groups is 1. The van der Waals surface area contributed by atoms with Crippen molar-refractivity contribution in [1.82, 2.24) is 5.43 Å². The molecule has 0 unspecified atom stereocenters. The van der Waals surface area contributed by atoms with Crippen LogP contribution in [0.25, 0.3) is 0 Å². The third-order valence-electron chi connectivity index (χ3n) is 2.58. The SMILES string of the molecule is COc1ccc(Oc2ccccc2C=NNC(N)=O)cc1. The Bertz CT molecular complexity index is 639. The van der Waals surface area contributed by atoms with E-state index in [1.165, 1.54) is 6.21 Å². The zero-order valence-electron chi connectivity index (χ0n) is 11.4. The van der Waals surface area contributed by atoms with Crippen molar-refractivity contribution in [2.75, 3.05) is 7.11 Å². The van der Waals surface area contributed by atoms with Crippen LogP contribution in [0.3, 0.4) is 0 Å². The molecule has 108 valence electrons. The number of methoxy groups -OCH3 is 1. The van der Waals surface area contributed by atoms with Crippen molar-refractivity contribution < 1.29 is 14.3 Å². The molecule has 0 saturated carbocycles. The zero-order valence-corrected chi connectivity index (χ0v) is 11.4. The Balaban J connectivity index is 2.15. The average Bonchev–Trinajstić information content (AvgIpc) is 2.49. The van der Waals surface area contributed by atoms with E-state index in [0.717, 1.165) is 5.75 Å². The van der Waals surface area contributed by atoms with Crippen molar-refractivity contribution in [2.45, 2.75) is 0 Å². The number of rotatable bonds is 5. The second kappa shape index (κ2) is 6.95. The van der Waals surface area contributed by atoms with E-state index in [2.05, 4.69) is 10.5 Å². The van der Waals surface area contributed by atoms with Gasteiger partial charge in [-0.1, -0.05) is 12.1 Å². The summed E-state index contributed by atoms with van der Waals surface area (Å²) in [5.41, 5.74) is 7.79. The highest BCUT2D eigenvalue weighted by atomic mass is 16.5. The number of nitrogens with one attached hydrogen (secondary N) is 1. The number of hydrogen-bond acceptors (Lipinski definition) is 4. The van der Waals surface area contributed by atoms with Crippen LogP contribution >= 0.6 is 0 Å². The Hall–Kier alpha value is -3.02. The molecular formula is C15H15N3O3. The molecule has 0 aliphatic rings. The number of nitrogens with zero attached hydrogens (tertiary/aromatic N) is 1. The normalized spacial score (nSPS) is 10.3. The summed E-state index contributed by atoms with van der Waals surface area (Å²) in [6, 6.07) is 13.8. The molecule has 2 amide bonds. The lowest BCUT2D eigenvalue weighted by Gasteiger charge is -2.09. The van der Waals surface area contributed by atoms with Crippen molar-refractivity contribution in [3.8, 4) is 17.2 Å². The largest absolute Gasteiger partial charge is 0.497 e. The Labute approximate surface area is 122 Å². The molecule has 3 N–H and O–H groups in total. The number of hydrogen-bond donors (Lipinski definition) is 2. The standard InChI is InChI=1S/C15H15N3O3/c1-20-12-6-8-13(9-7-12)21-14-5-3-2-4-11(14)10-17-18-15(16)19/h2-10H,1H3,(H3,16,18,19). The molecule has 0 aliphatic carbocycles. The van der Waals surface area contributed by atoms with E-state index in [-0.39, 0.29) is 0 Å². The summed E-state index contributed by atoms with van der Waals surface area (Å²) in [6.07, 6.45) is 1.46. The van der Waals surface area contributed by atoms with E-state index in [9.17, 15) is 4.79 Å². The van der Waals surface area contributed by atoms with Gasteiger partial charge in [-0.15, -0.1) is 0 Å². The highest BCUT2D eigenvalue weighted by Crippen LogP contribution is 2.25. The molecule has 6 heteroatoms. The molecule has 2 rings (SSSR count). The van der Waals surface area contributed by atoms with E-state index in [4.69, 9.17) is 15.2 Å². The first kappa shape index (κ1) is 14.4. The van der Waals surface area contributed by atoms with Crippen LogP contribution < -0.4 is 20.6 Å². The number of urea groups is 1. The second-order valence-electron chi connectivity index (χ2n) is 4.05. The van der Waals surface area contributed by atoms with Gasteiger partial charge in [-0.05, 0) is 36.4 Å². The van der Waals surface area contributed by atoms with Gasteiger partial charge in [-0.2, -0.15) is 5.10 Å². The molecule has 0 atom stereocenters. The summed E-state index contributed by atoms with van der Waals surface area (Å²) in [5, 5.41) is 3.72. The minimum Gasteiger partial charge on any atom is -0.497 e. The summed E-state index contributed by atoms with van der Waals surface area (Å²) in [4.78, 5) is 10.6. The molecule has 0 spiro atoms.